The van der Waals surface area contributed by atoms with Crippen molar-refractivity contribution in [1.29, 1.82) is 0 Å². The summed E-state index contributed by atoms with van der Waals surface area (Å²) < 4.78 is 25.0. The van der Waals surface area contributed by atoms with E-state index in [0.717, 1.165) is 0 Å². The van der Waals surface area contributed by atoms with Gasteiger partial charge >= 0.3 is 0 Å². The Morgan fingerprint density at radius 1 is 1.15 bits per heavy atom. The van der Waals surface area contributed by atoms with Gasteiger partial charge in [-0.2, -0.15) is 0 Å². The van der Waals surface area contributed by atoms with Crippen LogP contribution in [0.4, 0.5) is 0 Å². The average molecular weight is 298 g/mol. The van der Waals surface area contributed by atoms with Crippen LogP contribution < -0.4 is 10.0 Å². The van der Waals surface area contributed by atoms with Crippen LogP contribution in [0.1, 0.15) is 44.9 Å². The second-order valence-electron chi connectivity index (χ2n) is 6.07. The Kier molecular flexibility index (Phi) is 5.74. The number of rotatable bonds is 6. The molecule has 1 aromatic rings. The number of hydrogen-bond acceptors (Lipinski definition) is 3. The lowest BCUT2D eigenvalue weighted by Crippen LogP contribution is -2.30. The van der Waals surface area contributed by atoms with Crippen LogP contribution in [0, 0.1) is 0 Å². The highest BCUT2D eigenvalue weighted by Crippen LogP contribution is 2.23. The molecule has 1 unspecified atom stereocenters. The number of sulfonamides is 1. The van der Waals surface area contributed by atoms with Crippen molar-refractivity contribution in [3.63, 3.8) is 0 Å². The molecular weight excluding hydrogens is 272 g/mol. The summed E-state index contributed by atoms with van der Waals surface area (Å²) in [5, 5.41) is 3.23. The summed E-state index contributed by atoms with van der Waals surface area (Å²) in [5.41, 5.74) is 2.61. The quantitative estimate of drug-likeness (QED) is 0.846. The molecule has 1 rings (SSSR count). The van der Waals surface area contributed by atoms with Gasteiger partial charge in [0.2, 0.25) is 10.0 Å². The fraction of sp³-hybridized carbons (Fsp3) is 0.600. The van der Waals surface area contributed by atoms with Gasteiger partial charge in [-0.1, -0.05) is 45.0 Å². The van der Waals surface area contributed by atoms with Crippen LogP contribution in [0.2, 0.25) is 0 Å². The zero-order chi connectivity index (χ0) is 15.4. The first-order valence-corrected chi connectivity index (χ1v) is 8.56. The largest absolute Gasteiger partial charge is 0.309 e. The van der Waals surface area contributed by atoms with E-state index >= 15 is 0 Å². The lowest BCUT2D eigenvalue weighted by atomic mass is 9.86. The van der Waals surface area contributed by atoms with Crippen LogP contribution in [0.5, 0.6) is 0 Å². The van der Waals surface area contributed by atoms with Gasteiger partial charge < -0.3 is 5.32 Å². The molecule has 0 amide bonds. The summed E-state index contributed by atoms with van der Waals surface area (Å²) in [5.74, 6) is 0.0912. The molecule has 0 spiro atoms. The molecule has 0 saturated carbocycles. The molecule has 0 aliphatic carbocycles. The number of nitrogens with one attached hydrogen (secondary N) is 2. The lowest BCUT2D eigenvalue weighted by Gasteiger charge is -2.20. The van der Waals surface area contributed by atoms with Crippen molar-refractivity contribution in [2.45, 2.75) is 39.2 Å². The van der Waals surface area contributed by atoms with Crippen LogP contribution in [0.25, 0.3) is 0 Å². The van der Waals surface area contributed by atoms with E-state index in [2.05, 4.69) is 55.1 Å². The molecule has 1 atom stereocenters. The molecule has 0 fully saturated rings. The maximum absolute atomic E-state index is 11.3. The van der Waals surface area contributed by atoms with Gasteiger partial charge in [-0.3, -0.25) is 0 Å². The first-order chi connectivity index (χ1) is 9.15. The van der Waals surface area contributed by atoms with Crippen molar-refractivity contribution in [3.8, 4) is 0 Å². The molecule has 4 nitrogen and oxygen atoms in total. The van der Waals surface area contributed by atoms with Crippen LogP contribution >= 0.6 is 0 Å². The van der Waals surface area contributed by atoms with Crippen LogP contribution in [0.3, 0.4) is 0 Å². The summed E-state index contributed by atoms with van der Waals surface area (Å²) in [4.78, 5) is 0. The summed E-state index contributed by atoms with van der Waals surface area (Å²) in [7, 11) is -1.70. The van der Waals surface area contributed by atoms with Crippen LogP contribution in [0.15, 0.2) is 24.3 Å². The van der Waals surface area contributed by atoms with E-state index in [0.29, 0.717) is 6.54 Å². The molecule has 114 valence electrons. The molecule has 0 heterocycles. The maximum atomic E-state index is 11.3. The van der Waals surface area contributed by atoms with Gasteiger partial charge in [-0.05, 0) is 30.5 Å². The minimum atomic E-state index is -3.14. The van der Waals surface area contributed by atoms with Gasteiger partial charge in [-0.15, -0.1) is 0 Å². The Labute approximate surface area is 123 Å². The highest BCUT2D eigenvalue weighted by Gasteiger charge is 2.14. The van der Waals surface area contributed by atoms with Crippen molar-refractivity contribution in [2.75, 3.05) is 19.3 Å². The van der Waals surface area contributed by atoms with E-state index in [1.807, 2.05) is 6.92 Å². The molecule has 0 radical (unpaired) electrons. The molecule has 0 saturated heterocycles. The van der Waals surface area contributed by atoms with Crippen LogP contribution in [-0.2, 0) is 15.4 Å². The van der Waals surface area contributed by atoms with Crippen LogP contribution in [-0.4, -0.2) is 27.8 Å². The second-order valence-corrected chi connectivity index (χ2v) is 8.12. The van der Waals surface area contributed by atoms with Crippen molar-refractivity contribution < 1.29 is 8.42 Å². The molecule has 20 heavy (non-hydrogen) atoms. The topological polar surface area (TPSA) is 58.2 Å². The monoisotopic (exact) mass is 298 g/mol. The summed E-state index contributed by atoms with van der Waals surface area (Å²) in [6.07, 6.45) is 0. The number of benzene rings is 1. The first-order valence-electron chi connectivity index (χ1n) is 6.91. The highest BCUT2D eigenvalue weighted by molar-refractivity contribution is 7.89. The molecule has 0 aliphatic heterocycles. The average Bonchev–Trinajstić information content (AvgIpc) is 2.37. The van der Waals surface area contributed by atoms with E-state index in [9.17, 15) is 8.42 Å². The fourth-order valence-electron chi connectivity index (χ4n) is 1.90. The van der Waals surface area contributed by atoms with E-state index < -0.39 is 10.0 Å². The fourth-order valence-corrected chi connectivity index (χ4v) is 2.49. The smallest absolute Gasteiger partial charge is 0.212 e. The van der Waals surface area contributed by atoms with E-state index in [1.54, 1.807) is 0 Å². The predicted molar refractivity (Wildman–Crippen MR) is 84.4 cm³/mol. The van der Waals surface area contributed by atoms with Gasteiger partial charge in [0.15, 0.2) is 0 Å². The molecule has 1 aromatic carbocycles. The Bertz CT molecular complexity index is 516. The van der Waals surface area contributed by atoms with E-state index in [-0.39, 0.29) is 17.2 Å². The highest BCUT2D eigenvalue weighted by atomic mass is 32.2. The SMILES string of the molecule is CNS(=O)(=O)CCNC(C)c1ccc(C(C)(C)C)cc1. The summed E-state index contributed by atoms with van der Waals surface area (Å²) in [6, 6.07) is 8.61. The van der Waals surface area contributed by atoms with Gasteiger partial charge in [0, 0.05) is 12.6 Å². The third kappa shape index (κ3) is 5.23. The maximum Gasteiger partial charge on any atom is 0.212 e. The molecule has 0 aromatic heterocycles. The lowest BCUT2D eigenvalue weighted by molar-refractivity contribution is 0.565. The zero-order valence-corrected chi connectivity index (χ0v) is 13.8. The molecule has 2 N–H and O–H groups in total. The van der Waals surface area contributed by atoms with Gasteiger partial charge in [0.1, 0.15) is 0 Å². The van der Waals surface area contributed by atoms with Gasteiger partial charge in [0.05, 0.1) is 5.75 Å². The van der Waals surface area contributed by atoms with E-state index in [1.165, 1.54) is 18.2 Å². The molecule has 0 aliphatic rings. The number of hydrogen-bond donors (Lipinski definition) is 2. The zero-order valence-electron chi connectivity index (χ0n) is 13.0. The molecule has 0 bridgehead atoms. The molecular formula is C15H26N2O2S. The third-order valence-electron chi connectivity index (χ3n) is 3.41. The Hall–Kier alpha value is -0.910. The predicted octanol–water partition coefficient (Wildman–Crippen LogP) is 2.18. The Morgan fingerprint density at radius 3 is 2.15 bits per heavy atom. The van der Waals surface area contributed by atoms with E-state index in [4.69, 9.17) is 0 Å². The normalized spacial score (nSPS) is 14.2. The van der Waals surface area contributed by atoms with Crippen molar-refractivity contribution >= 4 is 10.0 Å². The van der Waals surface area contributed by atoms with Gasteiger partial charge in [-0.25, -0.2) is 13.1 Å². The first kappa shape index (κ1) is 17.1. The second kappa shape index (κ2) is 6.70. The van der Waals surface area contributed by atoms with Gasteiger partial charge in [0.25, 0.3) is 0 Å². The van der Waals surface area contributed by atoms with Crippen molar-refractivity contribution in [3.05, 3.63) is 35.4 Å². The Morgan fingerprint density at radius 2 is 1.70 bits per heavy atom. The van der Waals surface area contributed by atoms with Crippen molar-refractivity contribution in [2.24, 2.45) is 0 Å². The minimum Gasteiger partial charge on any atom is -0.309 e. The standard InChI is InChI=1S/C15H26N2O2S/c1-12(17-10-11-20(18,19)16-5)13-6-8-14(9-7-13)15(2,3)4/h6-9,12,16-17H,10-11H2,1-5H3. The molecule has 5 heteroatoms. The minimum absolute atomic E-state index is 0.0912. The summed E-state index contributed by atoms with van der Waals surface area (Å²) >= 11 is 0. The Balaban J connectivity index is 2.58. The summed E-state index contributed by atoms with van der Waals surface area (Å²) in [6.45, 7) is 9.04. The van der Waals surface area contributed by atoms with Crippen molar-refractivity contribution in [1.82, 2.24) is 10.0 Å². The third-order valence-corrected chi connectivity index (χ3v) is 4.77.